The number of hydrogen-bond donors (Lipinski definition) is 2. The molecule has 2 aromatic rings. The van der Waals surface area contributed by atoms with E-state index < -0.39 is 26.6 Å². The van der Waals surface area contributed by atoms with Crippen LogP contribution in [0.2, 0.25) is 10.0 Å². The third-order valence-corrected chi connectivity index (χ3v) is 7.32. The Kier molecular flexibility index (Phi) is 6.83. The molecule has 0 bridgehead atoms. The van der Waals surface area contributed by atoms with Crippen molar-refractivity contribution < 1.29 is 17.6 Å². The molecule has 0 unspecified atom stereocenters. The minimum absolute atomic E-state index is 0.00883. The van der Waals surface area contributed by atoms with Crippen LogP contribution in [0.25, 0.3) is 0 Å². The monoisotopic (exact) mass is 458 g/mol. The van der Waals surface area contributed by atoms with E-state index in [9.17, 15) is 17.6 Å². The quantitative estimate of drug-likeness (QED) is 0.642. The molecule has 1 aliphatic carbocycles. The standard InChI is InChI=1S/C20H21Cl2FN2O3S/c1-12-4-2-3-5-18(12)25-29(27,28)19-10-13(6-9-17(19)23)20(26)24-14-7-8-15(21)16(22)11-14/h6-12,18,25H,2-5H2,1H3,(H,24,26)/t12-,18-/m1/s1. The van der Waals surface area contributed by atoms with Crippen LogP contribution in [0.4, 0.5) is 10.1 Å². The number of amides is 1. The van der Waals surface area contributed by atoms with E-state index in [-0.39, 0.29) is 22.5 Å². The summed E-state index contributed by atoms with van der Waals surface area (Å²) in [6.45, 7) is 1.98. The van der Waals surface area contributed by atoms with Crippen molar-refractivity contribution in [3.05, 3.63) is 57.8 Å². The van der Waals surface area contributed by atoms with Gasteiger partial charge in [-0.2, -0.15) is 0 Å². The third kappa shape index (κ3) is 5.28. The van der Waals surface area contributed by atoms with Crippen molar-refractivity contribution in [3.8, 4) is 0 Å². The second-order valence-electron chi connectivity index (χ2n) is 7.22. The van der Waals surface area contributed by atoms with Crippen LogP contribution in [-0.2, 0) is 10.0 Å². The molecule has 0 aliphatic heterocycles. The van der Waals surface area contributed by atoms with Gasteiger partial charge in [0.25, 0.3) is 5.91 Å². The first kappa shape index (κ1) is 22.0. The SMILES string of the molecule is C[C@@H]1CCCC[C@H]1NS(=O)(=O)c1cc(C(=O)Nc2ccc(Cl)c(Cl)c2)ccc1F. The van der Waals surface area contributed by atoms with Crippen molar-refractivity contribution in [3.63, 3.8) is 0 Å². The van der Waals surface area contributed by atoms with E-state index in [0.29, 0.717) is 17.1 Å². The number of carbonyl (C=O) groups is 1. The Morgan fingerprint density at radius 2 is 1.79 bits per heavy atom. The summed E-state index contributed by atoms with van der Waals surface area (Å²) in [4.78, 5) is 12.0. The van der Waals surface area contributed by atoms with Crippen molar-refractivity contribution in [2.24, 2.45) is 5.92 Å². The number of halogens is 3. The Bertz CT molecular complexity index is 1030. The fraction of sp³-hybridized carbons (Fsp3) is 0.350. The van der Waals surface area contributed by atoms with Crippen LogP contribution in [0, 0.1) is 11.7 Å². The highest BCUT2D eigenvalue weighted by molar-refractivity contribution is 7.89. The molecule has 9 heteroatoms. The largest absolute Gasteiger partial charge is 0.322 e. The first-order valence-corrected chi connectivity index (χ1v) is 11.5. The zero-order valence-corrected chi connectivity index (χ0v) is 18.0. The van der Waals surface area contributed by atoms with E-state index >= 15 is 0 Å². The molecule has 29 heavy (non-hydrogen) atoms. The summed E-state index contributed by atoms with van der Waals surface area (Å²) in [5, 5.41) is 3.19. The van der Waals surface area contributed by atoms with Gasteiger partial charge in [-0.25, -0.2) is 17.5 Å². The van der Waals surface area contributed by atoms with Crippen molar-refractivity contribution in [2.75, 3.05) is 5.32 Å². The van der Waals surface area contributed by atoms with Crippen molar-refractivity contribution >= 4 is 44.8 Å². The van der Waals surface area contributed by atoms with Crippen LogP contribution in [-0.4, -0.2) is 20.4 Å². The summed E-state index contributed by atoms with van der Waals surface area (Å²) in [5.74, 6) is -1.33. The lowest BCUT2D eigenvalue weighted by atomic mass is 9.87. The first-order valence-electron chi connectivity index (χ1n) is 9.25. The third-order valence-electron chi connectivity index (χ3n) is 5.08. The Morgan fingerprint density at radius 1 is 1.07 bits per heavy atom. The van der Waals surface area contributed by atoms with Gasteiger partial charge in [-0.3, -0.25) is 4.79 Å². The molecule has 5 nitrogen and oxygen atoms in total. The predicted octanol–water partition coefficient (Wildman–Crippen LogP) is 5.24. The number of benzene rings is 2. The minimum atomic E-state index is -4.11. The van der Waals surface area contributed by atoms with E-state index in [4.69, 9.17) is 23.2 Å². The molecule has 156 valence electrons. The predicted molar refractivity (Wildman–Crippen MR) is 113 cm³/mol. The lowest BCUT2D eigenvalue weighted by Gasteiger charge is -2.29. The molecular weight excluding hydrogens is 438 g/mol. The van der Waals surface area contributed by atoms with E-state index in [0.717, 1.165) is 31.4 Å². The van der Waals surface area contributed by atoms with E-state index in [1.807, 2.05) is 6.92 Å². The molecule has 1 saturated carbocycles. The van der Waals surface area contributed by atoms with Crippen LogP contribution in [0.3, 0.4) is 0 Å². The summed E-state index contributed by atoms with van der Waals surface area (Å²) >= 11 is 11.8. The maximum atomic E-state index is 14.3. The zero-order valence-electron chi connectivity index (χ0n) is 15.7. The molecule has 0 spiro atoms. The molecule has 2 atom stereocenters. The maximum absolute atomic E-state index is 14.3. The van der Waals surface area contributed by atoms with Gasteiger partial charge in [0, 0.05) is 17.3 Å². The van der Waals surface area contributed by atoms with Crippen molar-refractivity contribution in [1.29, 1.82) is 0 Å². The Morgan fingerprint density at radius 3 is 2.48 bits per heavy atom. The van der Waals surface area contributed by atoms with Crippen molar-refractivity contribution in [1.82, 2.24) is 4.72 Å². The molecule has 0 aromatic heterocycles. The molecule has 1 aliphatic rings. The first-order chi connectivity index (χ1) is 13.7. The average Bonchev–Trinajstić information content (AvgIpc) is 2.66. The molecule has 3 rings (SSSR count). The zero-order chi connectivity index (χ0) is 21.2. The molecule has 2 aromatic carbocycles. The Hall–Kier alpha value is -1.67. The lowest BCUT2D eigenvalue weighted by molar-refractivity contribution is 0.102. The number of carbonyl (C=O) groups excluding carboxylic acids is 1. The van der Waals surface area contributed by atoms with Gasteiger partial charge >= 0.3 is 0 Å². The number of hydrogen-bond acceptors (Lipinski definition) is 3. The van der Waals surface area contributed by atoms with Gasteiger partial charge in [0.05, 0.1) is 10.0 Å². The highest BCUT2D eigenvalue weighted by atomic mass is 35.5. The number of rotatable bonds is 5. The van der Waals surface area contributed by atoms with E-state index in [2.05, 4.69) is 10.0 Å². The van der Waals surface area contributed by atoms with Gasteiger partial charge in [0.1, 0.15) is 10.7 Å². The van der Waals surface area contributed by atoms with Crippen molar-refractivity contribution in [2.45, 2.75) is 43.5 Å². The van der Waals surface area contributed by atoms with Crippen LogP contribution < -0.4 is 10.0 Å². The Labute approximate surface area is 179 Å². The summed E-state index contributed by atoms with van der Waals surface area (Å²) < 4.78 is 42.5. The summed E-state index contributed by atoms with van der Waals surface area (Å²) in [7, 11) is -4.11. The summed E-state index contributed by atoms with van der Waals surface area (Å²) in [5.41, 5.74) is 0.391. The number of sulfonamides is 1. The smallest absolute Gasteiger partial charge is 0.255 e. The van der Waals surface area contributed by atoms with Crippen LogP contribution in [0.1, 0.15) is 43.0 Å². The second kappa shape index (κ2) is 9.00. The topological polar surface area (TPSA) is 75.3 Å². The van der Waals surface area contributed by atoms with Gasteiger partial charge < -0.3 is 5.32 Å². The average molecular weight is 459 g/mol. The molecule has 0 saturated heterocycles. The fourth-order valence-corrected chi connectivity index (χ4v) is 5.16. The second-order valence-corrected chi connectivity index (χ2v) is 9.71. The van der Waals surface area contributed by atoms with Gasteiger partial charge in [0.15, 0.2) is 0 Å². The fourth-order valence-electron chi connectivity index (χ4n) is 3.38. The molecule has 0 heterocycles. The van der Waals surface area contributed by atoms with Gasteiger partial charge in [-0.1, -0.05) is 43.0 Å². The van der Waals surface area contributed by atoms with Crippen LogP contribution in [0.15, 0.2) is 41.3 Å². The highest BCUT2D eigenvalue weighted by Gasteiger charge is 2.29. The van der Waals surface area contributed by atoms with E-state index in [1.165, 1.54) is 18.2 Å². The van der Waals surface area contributed by atoms with Gasteiger partial charge in [-0.15, -0.1) is 0 Å². The maximum Gasteiger partial charge on any atom is 0.255 e. The van der Waals surface area contributed by atoms with Gasteiger partial charge in [-0.05, 0) is 55.2 Å². The van der Waals surface area contributed by atoms with E-state index in [1.54, 1.807) is 6.07 Å². The van der Waals surface area contributed by atoms with Crippen LogP contribution in [0.5, 0.6) is 0 Å². The molecule has 1 fully saturated rings. The van der Waals surface area contributed by atoms with Gasteiger partial charge in [0.2, 0.25) is 10.0 Å². The number of nitrogens with one attached hydrogen (secondary N) is 2. The summed E-state index contributed by atoms with van der Waals surface area (Å²) in [6.07, 6.45) is 3.60. The molecule has 2 N–H and O–H groups in total. The number of anilines is 1. The molecule has 1 amide bonds. The lowest BCUT2D eigenvalue weighted by Crippen LogP contribution is -2.41. The normalized spacial score (nSPS) is 19.7. The summed E-state index contributed by atoms with van der Waals surface area (Å²) in [6, 6.07) is 7.54. The van der Waals surface area contributed by atoms with Crippen LogP contribution >= 0.6 is 23.2 Å². The Balaban J connectivity index is 1.83. The molecular formula is C20H21Cl2FN2O3S. The molecule has 0 radical (unpaired) electrons. The highest BCUT2D eigenvalue weighted by Crippen LogP contribution is 2.27. The minimum Gasteiger partial charge on any atom is -0.322 e.